The molecule has 1 heterocycles. The zero-order chi connectivity index (χ0) is 11.3. The fourth-order valence-electron chi connectivity index (χ4n) is 1.72. The summed E-state index contributed by atoms with van der Waals surface area (Å²) in [6.45, 7) is 0. The summed E-state index contributed by atoms with van der Waals surface area (Å²) < 4.78 is 0.908. The maximum atomic E-state index is 11.8. The minimum absolute atomic E-state index is 0.121. The predicted molar refractivity (Wildman–Crippen MR) is 65.2 cm³/mol. The summed E-state index contributed by atoms with van der Waals surface area (Å²) in [5.41, 5.74) is 6.18. The molecule has 1 aliphatic rings. The first-order valence-corrected chi connectivity index (χ1v) is 5.87. The van der Waals surface area contributed by atoms with Gasteiger partial charge < -0.3 is 10.7 Å². The Morgan fingerprint density at radius 2 is 2.19 bits per heavy atom. The van der Waals surface area contributed by atoms with Crippen molar-refractivity contribution in [1.82, 2.24) is 9.97 Å². The van der Waals surface area contributed by atoms with Gasteiger partial charge in [0.2, 0.25) is 0 Å². The van der Waals surface area contributed by atoms with Gasteiger partial charge in [0, 0.05) is 4.47 Å². The van der Waals surface area contributed by atoms with Crippen molar-refractivity contribution in [2.45, 2.75) is 18.4 Å². The van der Waals surface area contributed by atoms with Gasteiger partial charge in [0.15, 0.2) is 0 Å². The molecule has 0 bridgehead atoms. The van der Waals surface area contributed by atoms with E-state index in [4.69, 9.17) is 5.73 Å². The van der Waals surface area contributed by atoms with E-state index in [2.05, 4.69) is 25.9 Å². The molecule has 3 N–H and O–H groups in total. The summed E-state index contributed by atoms with van der Waals surface area (Å²) in [6, 6.07) is 5.42. The molecule has 3 rings (SSSR count). The van der Waals surface area contributed by atoms with E-state index in [9.17, 15) is 4.79 Å². The van der Waals surface area contributed by atoms with Crippen LogP contribution >= 0.6 is 15.9 Å². The molecule has 4 nitrogen and oxygen atoms in total. The van der Waals surface area contributed by atoms with Crippen molar-refractivity contribution in [2.75, 3.05) is 0 Å². The second kappa shape index (κ2) is 3.15. The van der Waals surface area contributed by atoms with Crippen LogP contribution in [0, 0.1) is 0 Å². The highest BCUT2D eigenvalue weighted by Crippen LogP contribution is 2.40. The smallest absolute Gasteiger partial charge is 0.258 e. The first-order chi connectivity index (χ1) is 7.58. The molecule has 0 amide bonds. The highest BCUT2D eigenvalue weighted by atomic mass is 79.9. The van der Waals surface area contributed by atoms with Crippen LogP contribution < -0.4 is 11.3 Å². The zero-order valence-electron chi connectivity index (χ0n) is 8.46. The SMILES string of the molecule is NC1(c2nc3cc(Br)ccc3c(=O)[nH]2)CC1. The summed E-state index contributed by atoms with van der Waals surface area (Å²) in [5, 5.41) is 0.594. The molecule has 82 valence electrons. The van der Waals surface area contributed by atoms with Crippen molar-refractivity contribution in [1.29, 1.82) is 0 Å². The van der Waals surface area contributed by atoms with Crippen molar-refractivity contribution in [3.05, 3.63) is 38.9 Å². The maximum absolute atomic E-state index is 11.8. The van der Waals surface area contributed by atoms with E-state index in [1.54, 1.807) is 6.07 Å². The molecule has 1 aromatic carbocycles. The number of hydrogen-bond acceptors (Lipinski definition) is 3. The third-order valence-corrected chi connectivity index (χ3v) is 3.42. The normalized spacial score (nSPS) is 17.6. The average molecular weight is 280 g/mol. The van der Waals surface area contributed by atoms with Gasteiger partial charge >= 0.3 is 0 Å². The third kappa shape index (κ3) is 1.47. The molecule has 1 aliphatic carbocycles. The van der Waals surface area contributed by atoms with E-state index in [-0.39, 0.29) is 5.56 Å². The summed E-state index contributed by atoms with van der Waals surface area (Å²) in [4.78, 5) is 19.0. The summed E-state index contributed by atoms with van der Waals surface area (Å²) in [5.74, 6) is 0.600. The van der Waals surface area contributed by atoms with Crippen molar-refractivity contribution in [2.24, 2.45) is 5.73 Å². The molecule has 0 aliphatic heterocycles. The van der Waals surface area contributed by atoms with E-state index in [1.807, 2.05) is 12.1 Å². The van der Waals surface area contributed by atoms with Crippen molar-refractivity contribution in [3.8, 4) is 0 Å². The van der Waals surface area contributed by atoms with Gasteiger partial charge in [0.25, 0.3) is 5.56 Å². The Hall–Kier alpha value is -1.20. The van der Waals surface area contributed by atoms with E-state index < -0.39 is 5.54 Å². The van der Waals surface area contributed by atoms with Crippen LogP contribution in [-0.2, 0) is 5.54 Å². The molecule has 2 aromatic rings. The number of nitrogens with zero attached hydrogens (tertiary/aromatic N) is 1. The first-order valence-electron chi connectivity index (χ1n) is 5.07. The topological polar surface area (TPSA) is 71.8 Å². The number of fused-ring (bicyclic) bond motifs is 1. The Bertz CT molecular complexity index is 631. The lowest BCUT2D eigenvalue weighted by Gasteiger charge is -2.08. The monoisotopic (exact) mass is 279 g/mol. The molecule has 0 atom stereocenters. The molecule has 16 heavy (non-hydrogen) atoms. The first kappa shape index (κ1) is 9.99. The lowest BCUT2D eigenvalue weighted by atomic mass is 10.2. The predicted octanol–water partition coefficient (Wildman–Crippen LogP) is 1.63. The molecular weight excluding hydrogens is 270 g/mol. The van der Waals surface area contributed by atoms with Crippen molar-refractivity contribution < 1.29 is 0 Å². The number of aromatic amines is 1. The van der Waals surface area contributed by atoms with E-state index in [1.165, 1.54) is 0 Å². The fraction of sp³-hybridized carbons (Fsp3) is 0.273. The average Bonchev–Trinajstić information content (AvgIpc) is 2.97. The van der Waals surface area contributed by atoms with Crippen LogP contribution in [0.15, 0.2) is 27.5 Å². The minimum atomic E-state index is -0.407. The lowest BCUT2D eigenvalue weighted by molar-refractivity contribution is 0.673. The van der Waals surface area contributed by atoms with Crippen LogP contribution in [0.1, 0.15) is 18.7 Å². The summed E-state index contributed by atoms with van der Waals surface area (Å²) in [6.07, 6.45) is 1.77. The number of H-pyrrole nitrogens is 1. The number of nitrogens with two attached hydrogens (primary N) is 1. The number of hydrogen-bond donors (Lipinski definition) is 2. The number of rotatable bonds is 1. The molecular formula is C11H10BrN3O. The highest BCUT2D eigenvalue weighted by Gasteiger charge is 2.42. The number of aromatic nitrogens is 2. The standard InChI is InChI=1S/C11H10BrN3O/c12-6-1-2-7-8(5-6)14-10(15-9(7)16)11(13)3-4-11/h1-2,5H,3-4,13H2,(H,14,15,16). The molecule has 0 radical (unpaired) electrons. The van der Waals surface area contributed by atoms with Gasteiger partial charge in [-0.2, -0.15) is 0 Å². The molecule has 0 spiro atoms. The second-order valence-corrected chi connectivity index (χ2v) is 5.15. The van der Waals surface area contributed by atoms with Crippen molar-refractivity contribution >= 4 is 26.8 Å². The van der Waals surface area contributed by atoms with Gasteiger partial charge in [0.05, 0.1) is 16.4 Å². The fourth-order valence-corrected chi connectivity index (χ4v) is 2.07. The maximum Gasteiger partial charge on any atom is 0.258 e. The Morgan fingerprint density at radius 3 is 2.88 bits per heavy atom. The van der Waals surface area contributed by atoms with Crippen LogP contribution in [0.5, 0.6) is 0 Å². The lowest BCUT2D eigenvalue weighted by Crippen LogP contribution is -2.26. The summed E-state index contributed by atoms with van der Waals surface area (Å²) >= 11 is 3.36. The molecule has 0 unspecified atom stereocenters. The van der Waals surface area contributed by atoms with Crippen molar-refractivity contribution in [3.63, 3.8) is 0 Å². The van der Waals surface area contributed by atoms with Crippen LogP contribution in [0.3, 0.4) is 0 Å². The van der Waals surface area contributed by atoms with Gasteiger partial charge in [-0.1, -0.05) is 15.9 Å². The Morgan fingerprint density at radius 1 is 1.44 bits per heavy atom. The Kier molecular flexibility index (Phi) is 1.96. The van der Waals surface area contributed by atoms with E-state index in [0.29, 0.717) is 16.7 Å². The number of halogens is 1. The van der Waals surface area contributed by atoms with Crippen LogP contribution in [0.25, 0.3) is 10.9 Å². The Labute approximate surface area is 100 Å². The molecule has 1 aromatic heterocycles. The number of nitrogens with one attached hydrogen (secondary N) is 1. The highest BCUT2D eigenvalue weighted by molar-refractivity contribution is 9.10. The molecule has 5 heteroatoms. The van der Waals surface area contributed by atoms with Gasteiger partial charge in [-0.25, -0.2) is 4.98 Å². The zero-order valence-corrected chi connectivity index (χ0v) is 10.0. The van der Waals surface area contributed by atoms with E-state index in [0.717, 1.165) is 17.3 Å². The van der Waals surface area contributed by atoms with Gasteiger partial charge in [0.1, 0.15) is 5.82 Å². The minimum Gasteiger partial charge on any atom is -0.319 e. The summed E-state index contributed by atoms with van der Waals surface area (Å²) in [7, 11) is 0. The molecule has 1 saturated carbocycles. The Balaban J connectivity index is 2.32. The van der Waals surface area contributed by atoms with Gasteiger partial charge in [-0.15, -0.1) is 0 Å². The van der Waals surface area contributed by atoms with E-state index >= 15 is 0 Å². The third-order valence-electron chi connectivity index (χ3n) is 2.93. The van der Waals surface area contributed by atoms with Crippen LogP contribution in [0.2, 0.25) is 0 Å². The second-order valence-electron chi connectivity index (χ2n) is 4.23. The van der Waals surface area contributed by atoms with Gasteiger partial charge in [-0.05, 0) is 31.0 Å². The van der Waals surface area contributed by atoms with Crippen LogP contribution in [0.4, 0.5) is 0 Å². The van der Waals surface area contributed by atoms with Gasteiger partial charge in [-0.3, -0.25) is 4.79 Å². The molecule has 0 saturated heterocycles. The quantitative estimate of drug-likeness (QED) is 0.834. The number of benzene rings is 1. The molecule has 1 fully saturated rings. The van der Waals surface area contributed by atoms with Crippen LogP contribution in [-0.4, -0.2) is 9.97 Å². The largest absolute Gasteiger partial charge is 0.319 e.